The SMILES string of the molecule is CCNC1C(O)OC(CO)C(OC2OC(CO)C(OC3OC(CO)C(O)C(OC4OC(CO)C(O)C(O)C4O)C3O)C(O)C2NC(C)=O)C1OC(C)C(=O)NC(C)C(=O)NC(CCC(=O)NC(CCCCN)C(=O)NC(C)C(=O)O)C(N)=O. The lowest BCUT2D eigenvalue weighted by molar-refractivity contribution is -0.380. The fraction of sp³-hybridized carbons (Fsp3) is 0.854. The average molecular weight is 1210 g/mol. The van der Waals surface area contributed by atoms with Crippen molar-refractivity contribution in [2.45, 2.75) is 220 Å². The molecular formula is C48H84N8O27. The highest BCUT2D eigenvalue weighted by atomic mass is 16.8. The van der Waals surface area contributed by atoms with E-state index in [1.54, 1.807) is 6.92 Å². The van der Waals surface area contributed by atoms with E-state index in [9.17, 15) is 94.8 Å². The maximum Gasteiger partial charge on any atom is 0.325 e. The number of nitrogens with two attached hydrogens (primary N) is 2. The van der Waals surface area contributed by atoms with Crippen LogP contribution in [0, 0.1) is 0 Å². The molecule has 0 bridgehead atoms. The monoisotopic (exact) mass is 1200 g/mol. The number of primary amides is 1. The number of aliphatic hydroxyl groups excluding tert-OH is 11. The summed E-state index contributed by atoms with van der Waals surface area (Å²) in [6, 6.07) is -8.36. The van der Waals surface area contributed by atoms with Gasteiger partial charge in [0.2, 0.25) is 35.4 Å². The van der Waals surface area contributed by atoms with Gasteiger partial charge in [-0.2, -0.15) is 0 Å². The lowest BCUT2D eigenvalue weighted by Gasteiger charge is -2.50. The largest absolute Gasteiger partial charge is 0.480 e. The Morgan fingerprint density at radius 2 is 1.11 bits per heavy atom. The number of likely N-dealkylation sites (N-methyl/N-ethyl adjacent to an activating group) is 1. The number of amides is 6. The van der Waals surface area contributed by atoms with E-state index < -0.39 is 227 Å². The molecule has 83 heavy (non-hydrogen) atoms. The molecule has 4 fully saturated rings. The van der Waals surface area contributed by atoms with Gasteiger partial charge in [0.25, 0.3) is 0 Å². The Labute approximate surface area is 475 Å². The molecule has 4 heterocycles. The van der Waals surface area contributed by atoms with Crippen molar-refractivity contribution < 1.29 is 133 Å². The van der Waals surface area contributed by atoms with E-state index in [2.05, 4.69) is 31.9 Å². The number of ether oxygens (including phenoxy) is 8. The molecule has 478 valence electrons. The molecule has 0 radical (unpaired) electrons. The first-order valence-corrected chi connectivity index (χ1v) is 27.0. The van der Waals surface area contributed by atoms with Gasteiger partial charge in [-0.1, -0.05) is 6.92 Å². The van der Waals surface area contributed by atoms with Gasteiger partial charge < -0.3 is 143 Å². The van der Waals surface area contributed by atoms with Crippen molar-refractivity contribution in [2.75, 3.05) is 39.5 Å². The van der Waals surface area contributed by atoms with Gasteiger partial charge in [0.15, 0.2) is 25.2 Å². The highest BCUT2D eigenvalue weighted by molar-refractivity contribution is 5.93. The standard InChI is InChI=1S/C48H84N8O27/c1-6-51-29-38(76-19(4)42(71)52-17(2)41(70)56-21(40(50)69)10-11-27(62)55-22(9-7-8-12-49)43(72)53-18(3)44(73)74)37(26(16-60)77-45(29)75)82-46-28(54-20(5)61)32(65)36(25(15-59)80-46)81-48-35(68)39(31(64)24(14-58)79-48)83-47-34(67)33(66)30(63)23(13-57)78-47/h17-19,21-26,28-39,45-48,51,57-60,63-68,75H,6-16,49H2,1-5H3,(H2,50,69)(H,52,71)(H,53,72)(H,54,61)(H,55,62)(H,56,70)(H,73,74). The molecular weight excluding hydrogens is 1120 g/mol. The van der Waals surface area contributed by atoms with Crippen LogP contribution in [0.15, 0.2) is 0 Å². The summed E-state index contributed by atoms with van der Waals surface area (Å²) in [4.78, 5) is 89.5. The van der Waals surface area contributed by atoms with Gasteiger partial charge in [0.1, 0.15) is 122 Å². The Morgan fingerprint density at radius 1 is 0.554 bits per heavy atom. The number of nitrogens with one attached hydrogen (secondary N) is 6. The summed E-state index contributed by atoms with van der Waals surface area (Å²) in [6.07, 6.45) is -34.0. The summed E-state index contributed by atoms with van der Waals surface area (Å²) >= 11 is 0. The van der Waals surface area contributed by atoms with Gasteiger partial charge >= 0.3 is 5.97 Å². The minimum atomic E-state index is -2.12. The number of carboxylic acids is 1. The van der Waals surface area contributed by atoms with Crippen LogP contribution >= 0.6 is 0 Å². The molecule has 4 saturated heterocycles. The second-order valence-electron chi connectivity index (χ2n) is 20.4. The third-order valence-electron chi connectivity index (χ3n) is 14.2. The molecule has 0 aromatic rings. The summed E-state index contributed by atoms with van der Waals surface area (Å²) in [6.45, 7) is 3.03. The molecule has 25 atom stereocenters. The van der Waals surface area contributed by atoms with Crippen molar-refractivity contribution >= 4 is 41.4 Å². The van der Waals surface area contributed by atoms with Gasteiger partial charge in [-0.3, -0.25) is 33.6 Å². The summed E-state index contributed by atoms with van der Waals surface area (Å²) in [5, 5.41) is 142. The number of aliphatic hydroxyl groups is 11. The number of rotatable bonds is 31. The summed E-state index contributed by atoms with van der Waals surface area (Å²) in [5.41, 5.74) is 11.1. The molecule has 4 aliphatic rings. The van der Waals surface area contributed by atoms with Gasteiger partial charge in [0.05, 0.1) is 32.5 Å². The molecule has 6 amide bonds. The Balaban J connectivity index is 1.50. The van der Waals surface area contributed by atoms with Crippen LogP contribution in [0.2, 0.25) is 0 Å². The summed E-state index contributed by atoms with van der Waals surface area (Å²) in [5.74, 6) is -6.65. The highest BCUT2D eigenvalue weighted by Gasteiger charge is 2.56. The lowest BCUT2D eigenvalue weighted by Crippen LogP contribution is -2.70. The average Bonchev–Trinajstić information content (AvgIpc) is 2.47. The van der Waals surface area contributed by atoms with Gasteiger partial charge in [-0.25, -0.2) is 0 Å². The first-order chi connectivity index (χ1) is 39.2. The van der Waals surface area contributed by atoms with Crippen molar-refractivity contribution in [1.29, 1.82) is 0 Å². The normalized spacial score (nSPS) is 35.6. The number of carbonyl (C=O) groups excluding carboxylic acids is 6. The van der Waals surface area contributed by atoms with E-state index in [-0.39, 0.29) is 25.9 Å². The molecule has 22 N–H and O–H groups in total. The Bertz CT molecular complexity index is 2110. The Morgan fingerprint density at radius 3 is 1.67 bits per heavy atom. The van der Waals surface area contributed by atoms with Crippen LogP contribution in [-0.4, -0.2) is 295 Å². The molecule has 0 aliphatic carbocycles. The number of hydrogen-bond acceptors (Lipinski definition) is 28. The fourth-order valence-corrected chi connectivity index (χ4v) is 9.51. The van der Waals surface area contributed by atoms with Crippen LogP contribution in [-0.2, 0) is 71.5 Å². The minimum Gasteiger partial charge on any atom is -0.480 e. The maximum absolute atomic E-state index is 13.8. The van der Waals surface area contributed by atoms with Crippen molar-refractivity contribution in [3.63, 3.8) is 0 Å². The van der Waals surface area contributed by atoms with Crippen LogP contribution in [0.1, 0.15) is 66.7 Å². The van der Waals surface area contributed by atoms with Crippen molar-refractivity contribution in [2.24, 2.45) is 11.5 Å². The topological polar surface area (TPSA) is 560 Å². The summed E-state index contributed by atoms with van der Waals surface area (Å²) in [7, 11) is 0. The number of hydrogen-bond donors (Lipinski definition) is 20. The van der Waals surface area contributed by atoms with E-state index >= 15 is 0 Å². The molecule has 0 aromatic heterocycles. The lowest BCUT2D eigenvalue weighted by atomic mass is 9.93. The smallest absolute Gasteiger partial charge is 0.325 e. The van der Waals surface area contributed by atoms with Crippen LogP contribution in [0.4, 0.5) is 0 Å². The molecule has 35 nitrogen and oxygen atoms in total. The predicted octanol–water partition coefficient (Wildman–Crippen LogP) is -11.1. The molecule has 35 heteroatoms. The van der Waals surface area contributed by atoms with Crippen molar-refractivity contribution in [3.05, 3.63) is 0 Å². The van der Waals surface area contributed by atoms with E-state index in [1.807, 2.05) is 0 Å². The first kappa shape index (κ1) is 70.9. The minimum absolute atomic E-state index is 0.103. The van der Waals surface area contributed by atoms with Crippen LogP contribution < -0.4 is 43.4 Å². The molecule has 4 aliphatic heterocycles. The van der Waals surface area contributed by atoms with Crippen molar-refractivity contribution in [3.8, 4) is 0 Å². The third kappa shape index (κ3) is 19.0. The number of aliphatic carboxylic acids is 1. The van der Waals surface area contributed by atoms with Gasteiger partial charge in [-0.05, 0) is 59.5 Å². The van der Waals surface area contributed by atoms with Crippen LogP contribution in [0.25, 0.3) is 0 Å². The number of unbranched alkanes of at least 4 members (excludes halogenated alkanes) is 1. The molecule has 0 saturated carbocycles. The van der Waals surface area contributed by atoms with Crippen LogP contribution in [0.5, 0.6) is 0 Å². The zero-order valence-corrected chi connectivity index (χ0v) is 46.4. The maximum atomic E-state index is 13.8. The van der Waals surface area contributed by atoms with Crippen molar-refractivity contribution in [1.82, 2.24) is 31.9 Å². The Hall–Kier alpha value is -4.55. The van der Waals surface area contributed by atoms with E-state index in [0.717, 1.165) is 6.92 Å². The highest BCUT2D eigenvalue weighted by Crippen LogP contribution is 2.35. The van der Waals surface area contributed by atoms with Gasteiger partial charge in [-0.15, -0.1) is 0 Å². The molecule has 25 unspecified atom stereocenters. The predicted molar refractivity (Wildman–Crippen MR) is 273 cm³/mol. The Kier molecular flexibility index (Phi) is 28.5. The van der Waals surface area contributed by atoms with E-state index in [0.29, 0.717) is 12.8 Å². The van der Waals surface area contributed by atoms with Crippen LogP contribution in [0.3, 0.4) is 0 Å². The molecule has 0 aromatic carbocycles. The second kappa shape index (κ2) is 33.4. The van der Waals surface area contributed by atoms with E-state index in [4.69, 9.17) is 49.4 Å². The number of carboxylic acid groups (broad SMARTS) is 1. The first-order valence-electron chi connectivity index (χ1n) is 27.0. The van der Waals surface area contributed by atoms with E-state index in [1.165, 1.54) is 20.8 Å². The fourth-order valence-electron chi connectivity index (χ4n) is 9.51. The summed E-state index contributed by atoms with van der Waals surface area (Å²) < 4.78 is 46.8. The van der Waals surface area contributed by atoms with Gasteiger partial charge in [0, 0.05) is 13.3 Å². The quantitative estimate of drug-likeness (QED) is 0.0287. The zero-order chi connectivity index (χ0) is 62.2. The second-order valence-corrected chi connectivity index (χ2v) is 20.4. The molecule has 4 rings (SSSR count). The third-order valence-corrected chi connectivity index (χ3v) is 14.2. The number of carbonyl (C=O) groups is 7. The molecule has 0 spiro atoms. The zero-order valence-electron chi connectivity index (χ0n) is 46.4.